The molecule has 7 rings (SSSR count). The summed E-state index contributed by atoms with van der Waals surface area (Å²) >= 11 is 6.45. The highest BCUT2D eigenvalue weighted by molar-refractivity contribution is 14.1. The minimum atomic E-state index is -6.65. The third-order valence-corrected chi connectivity index (χ3v) is 11.3. The SMILES string of the molecule is FC(F)(F)C(F)(F)C(F)(F)c1nc2c(I)cc3c4cc(I)c5nc(C(F)(F)C(F)(F)C(F)(F)F)nc6c(I)cc(c7cc(I)c(n1)c2c37)c4c56. The summed E-state index contributed by atoms with van der Waals surface area (Å²) in [6, 6.07) is 5.47. The molecule has 2 aromatic heterocycles. The Morgan fingerprint density at radius 1 is 0.360 bits per heavy atom. The van der Waals surface area contributed by atoms with Crippen molar-refractivity contribution in [3.05, 3.63) is 50.2 Å². The quantitative estimate of drug-likeness (QED) is 0.0763. The van der Waals surface area contributed by atoms with Crippen LogP contribution in [0.4, 0.5) is 61.5 Å². The number of halogens is 18. The fourth-order valence-corrected chi connectivity index (χ4v) is 8.56. The van der Waals surface area contributed by atoms with Gasteiger partial charge in [0.05, 0.1) is 22.1 Å². The summed E-state index contributed by atoms with van der Waals surface area (Å²) in [6.07, 6.45) is -13.3. The van der Waals surface area contributed by atoms with E-state index in [1.165, 1.54) is 24.3 Å². The zero-order valence-electron chi connectivity index (χ0n) is 22.9. The molecule has 0 fully saturated rings. The molecular formula is C28H4F14I4N4. The molecule has 0 unspecified atom stereocenters. The lowest BCUT2D eigenvalue weighted by Gasteiger charge is -2.28. The predicted molar refractivity (Wildman–Crippen MR) is 186 cm³/mol. The Labute approximate surface area is 320 Å². The Hall–Kier alpha value is -1.72. The fourth-order valence-electron chi connectivity index (χ4n) is 5.75. The second kappa shape index (κ2) is 10.9. The van der Waals surface area contributed by atoms with Crippen LogP contribution in [0.1, 0.15) is 11.6 Å². The molecule has 7 aromatic rings. The van der Waals surface area contributed by atoms with Gasteiger partial charge in [-0.15, -0.1) is 0 Å². The van der Waals surface area contributed by atoms with Crippen molar-refractivity contribution < 1.29 is 61.5 Å². The lowest BCUT2D eigenvalue weighted by atomic mass is 9.88. The zero-order chi connectivity index (χ0) is 37.0. The maximum Gasteiger partial charge on any atom is 0.460 e. The first-order valence-corrected chi connectivity index (χ1v) is 17.3. The van der Waals surface area contributed by atoms with Gasteiger partial charge >= 0.3 is 36.0 Å². The van der Waals surface area contributed by atoms with Gasteiger partial charge in [-0.2, -0.15) is 61.5 Å². The Morgan fingerprint density at radius 3 is 0.780 bits per heavy atom. The van der Waals surface area contributed by atoms with E-state index < -0.39 is 47.7 Å². The molecule has 0 amide bonds. The highest BCUT2D eigenvalue weighted by Crippen LogP contribution is 2.54. The normalized spacial score (nSPS) is 14.6. The van der Waals surface area contributed by atoms with E-state index in [4.69, 9.17) is 0 Å². The molecule has 0 saturated heterocycles. The first-order chi connectivity index (χ1) is 22.8. The monoisotopic (exact) mass is 1170 g/mol. The minimum Gasteiger partial charge on any atom is -0.226 e. The van der Waals surface area contributed by atoms with Crippen LogP contribution < -0.4 is 0 Å². The molecule has 0 atom stereocenters. The van der Waals surface area contributed by atoms with Crippen LogP contribution in [0.15, 0.2) is 24.3 Å². The van der Waals surface area contributed by atoms with Gasteiger partial charge in [0.1, 0.15) is 0 Å². The number of rotatable bonds is 4. The number of hydrogen-bond acceptors (Lipinski definition) is 4. The van der Waals surface area contributed by atoms with E-state index in [0.29, 0.717) is 21.5 Å². The number of hydrogen-bond donors (Lipinski definition) is 0. The van der Waals surface area contributed by atoms with Gasteiger partial charge in [-0.25, -0.2) is 19.9 Å². The van der Waals surface area contributed by atoms with Gasteiger partial charge in [0.15, 0.2) is 0 Å². The number of fused-ring (bicyclic) bond motifs is 2. The molecule has 0 radical (unpaired) electrons. The van der Waals surface area contributed by atoms with E-state index >= 15 is 0 Å². The van der Waals surface area contributed by atoms with Crippen molar-refractivity contribution in [1.82, 2.24) is 19.9 Å². The summed E-state index contributed by atoms with van der Waals surface area (Å²) in [7, 11) is 0. The molecule has 0 N–H and O–H groups in total. The molecule has 262 valence electrons. The molecule has 5 aromatic carbocycles. The number of benzene rings is 5. The summed E-state index contributed by atoms with van der Waals surface area (Å²) in [5.74, 6) is -29.0. The Balaban J connectivity index is 1.61. The Kier molecular flexibility index (Phi) is 8.00. The highest BCUT2D eigenvalue weighted by Gasteiger charge is 2.76. The van der Waals surface area contributed by atoms with Gasteiger partial charge in [-0.3, -0.25) is 0 Å². The van der Waals surface area contributed by atoms with Gasteiger partial charge in [0.25, 0.3) is 0 Å². The van der Waals surface area contributed by atoms with E-state index in [1.54, 1.807) is 90.4 Å². The Bertz CT molecular complexity index is 2280. The standard InChI is InChI=1S/C28H4F14I4N4/c29-23(30,25(33,34)27(37,38)39)21-47-17-9(43)1-5-6-2-10(44)19-16-14(6)8(7-3-11(45)18(48-21)15(17)13(5)7)4-12(46)20(16)50-22(49-19)24(31,32)26(35,36)28(40,41)42/h1-4H. The lowest BCUT2D eigenvalue weighted by Crippen LogP contribution is -2.50. The first-order valence-electron chi connectivity index (χ1n) is 13.0. The largest absolute Gasteiger partial charge is 0.460 e. The molecule has 50 heavy (non-hydrogen) atoms. The maximum atomic E-state index is 14.9. The second-order valence-corrected chi connectivity index (χ2v) is 15.6. The van der Waals surface area contributed by atoms with E-state index in [1.807, 2.05) is 0 Å². The molecule has 0 bridgehead atoms. The predicted octanol–water partition coefficient (Wildman–Crippen LogP) is 12.1. The summed E-state index contributed by atoms with van der Waals surface area (Å²) in [5, 5.41) is 1.81. The summed E-state index contributed by atoms with van der Waals surface area (Å²) in [4.78, 5) is 14.1. The molecule has 0 aliphatic carbocycles. The topological polar surface area (TPSA) is 51.6 Å². The van der Waals surface area contributed by atoms with Gasteiger partial charge in [-0.1, -0.05) is 0 Å². The molecule has 4 nitrogen and oxygen atoms in total. The van der Waals surface area contributed by atoms with Crippen LogP contribution in [0.2, 0.25) is 0 Å². The Morgan fingerprint density at radius 2 is 0.580 bits per heavy atom. The van der Waals surface area contributed by atoms with E-state index in [0.717, 1.165) is 0 Å². The van der Waals surface area contributed by atoms with Crippen LogP contribution >= 0.6 is 90.4 Å². The van der Waals surface area contributed by atoms with Gasteiger partial charge in [-0.05, 0) is 136 Å². The van der Waals surface area contributed by atoms with Crippen molar-refractivity contribution in [3.8, 4) is 0 Å². The highest BCUT2D eigenvalue weighted by atomic mass is 127. The van der Waals surface area contributed by atoms with Gasteiger partial charge in [0.2, 0.25) is 11.6 Å². The van der Waals surface area contributed by atoms with Gasteiger partial charge < -0.3 is 0 Å². The molecule has 22 heteroatoms. The maximum absolute atomic E-state index is 14.9. The minimum absolute atomic E-state index is 0.00496. The second-order valence-electron chi connectivity index (χ2n) is 10.9. The number of aromatic nitrogens is 4. The van der Waals surface area contributed by atoms with Crippen molar-refractivity contribution in [2.24, 2.45) is 0 Å². The zero-order valence-corrected chi connectivity index (χ0v) is 31.5. The van der Waals surface area contributed by atoms with E-state index in [-0.39, 0.29) is 57.9 Å². The lowest BCUT2D eigenvalue weighted by molar-refractivity contribution is -0.361. The van der Waals surface area contributed by atoms with Crippen LogP contribution in [-0.4, -0.2) is 44.1 Å². The van der Waals surface area contributed by atoms with Gasteiger partial charge in [0, 0.05) is 35.8 Å². The molecule has 0 aliphatic heterocycles. The van der Waals surface area contributed by atoms with Crippen molar-refractivity contribution >= 4 is 156 Å². The average Bonchev–Trinajstić information content (AvgIpc) is 3.00. The summed E-state index contributed by atoms with van der Waals surface area (Å²) in [5.41, 5.74) is -1.51. The first kappa shape index (κ1) is 36.6. The molecule has 0 aliphatic rings. The van der Waals surface area contributed by atoms with Crippen molar-refractivity contribution in [3.63, 3.8) is 0 Å². The van der Waals surface area contributed by atoms with Crippen molar-refractivity contribution in [2.75, 3.05) is 0 Å². The molecule has 2 heterocycles. The summed E-state index contributed by atoms with van der Waals surface area (Å²) < 4.78 is 194. The molecular weight excluding hydrogens is 1170 g/mol. The van der Waals surface area contributed by atoms with Crippen LogP contribution in [-0.2, 0) is 11.8 Å². The molecule has 0 spiro atoms. The number of nitrogens with zero attached hydrogens (tertiary/aromatic N) is 4. The smallest absolute Gasteiger partial charge is 0.226 e. The number of alkyl halides is 14. The third kappa shape index (κ3) is 4.69. The van der Waals surface area contributed by atoms with Crippen LogP contribution in [0.5, 0.6) is 0 Å². The van der Waals surface area contributed by atoms with Crippen molar-refractivity contribution in [2.45, 2.75) is 36.0 Å². The molecule has 0 saturated carbocycles. The van der Waals surface area contributed by atoms with Crippen LogP contribution in [0.3, 0.4) is 0 Å². The van der Waals surface area contributed by atoms with E-state index in [9.17, 15) is 61.5 Å². The van der Waals surface area contributed by atoms with Crippen LogP contribution in [0, 0.1) is 14.3 Å². The van der Waals surface area contributed by atoms with Crippen LogP contribution in [0.25, 0.3) is 65.2 Å². The van der Waals surface area contributed by atoms with Crippen molar-refractivity contribution in [1.29, 1.82) is 0 Å². The third-order valence-electron chi connectivity index (χ3n) is 8.03. The fraction of sp³-hybridized carbons (Fsp3) is 0.214. The summed E-state index contributed by atoms with van der Waals surface area (Å²) in [6.45, 7) is 0. The average molecular weight is 1170 g/mol. The van der Waals surface area contributed by atoms with E-state index in [2.05, 4.69) is 19.9 Å².